The number of ether oxygens (including phenoxy) is 1. The van der Waals surface area contributed by atoms with Crippen LogP contribution in [-0.2, 0) is 0 Å². The van der Waals surface area contributed by atoms with Crippen LogP contribution < -0.4 is 15.6 Å². The lowest BCUT2D eigenvalue weighted by Gasteiger charge is -2.13. The molecule has 0 saturated heterocycles. The van der Waals surface area contributed by atoms with Crippen LogP contribution in [0, 0.1) is 0 Å². The van der Waals surface area contributed by atoms with Gasteiger partial charge in [-0.15, -0.1) is 0 Å². The monoisotopic (exact) mass is 538 g/mol. The smallest absolute Gasteiger partial charge is 0.267 e. The second-order valence-corrected chi connectivity index (χ2v) is 9.05. The largest absolute Gasteiger partial charge is 0.497 e. The standard InChI is InChI=1S/C27H19BrN6O2/c1-36-21-11-9-19(10-12-21)31-27-29-14-22-24-23(15-30-33-24)26(35)34(25(22)32-27)20-4-2-3-17(13-20)16-5-7-18(28)8-6-16/h2-15H,1H3,(H,30,33)(H,29,31,32). The lowest BCUT2D eigenvalue weighted by atomic mass is 10.1. The van der Waals surface area contributed by atoms with E-state index < -0.39 is 0 Å². The minimum Gasteiger partial charge on any atom is -0.497 e. The Morgan fingerprint density at radius 1 is 0.972 bits per heavy atom. The Morgan fingerprint density at radius 2 is 1.78 bits per heavy atom. The van der Waals surface area contributed by atoms with Gasteiger partial charge in [0.25, 0.3) is 5.56 Å². The fourth-order valence-electron chi connectivity index (χ4n) is 4.16. The van der Waals surface area contributed by atoms with Gasteiger partial charge in [-0.1, -0.05) is 40.2 Å². The molecule has 0 unspecified atom stereocenters. The van der Waals surface area contributed by atoms with Gasteiger partial charge in [0.1, 0.15) is 11.3 Å². The van der Waals surface area contributed by atoms with Gasteiger partial charge in [0.05, 0.1) is 23.6 Å². The first-order valence-corrected chi connectivity index (χ1v) is 11.9. The third-order valence-corrected chi connectivity index (χ3v) is 6.47. The SMILES string of the molecule is COc1ccc(Nc2ncc3c4n[nH]cc4c(=O)n(-c4cccc(-c5ccc(Br)cc5)c4)c3n2)cc1. The Hall–Kier alpha value is -4.50. The summed E-state index contributed by atoms with van der Waals surface area (Å²) in [5.41, 5.74) is 4.29. The van der Waals surface area contributed by atoms with E-state index in [1.54, 1.807) is 24.1 Å². The number of nitrogens with one attached hydrogen (secondary N) is 2. The highest BCUT2D eigenvalue weighted by atomic mass is 79.9. The molecule has 6 aromatic rings. The van der Waals surface area contributed by atoms with Crippen molar-refractivity contribution >= 4 is 49.5 Å². The third-order valence-electron chi connectivity index (χ3n) is 5.94. The molecular formula is C27H19BrN6O2. The molecule has 8 nitrogen and oxygen atoms in total. The average Bonchev–Trinajstić information content (AvgIpc) is 3.41. The van der Waals surface area contributed by atoms with Crippen LogP contribution in [0.3, 0.4) is 0 Å². The number of aromatic amines is 1. The van der Waals surface area contributed by atoms with E-state index in [4.69, 9.17) is 9.72 Å². The van der Waals surface area contributed by atoms with Gasteiger partial charge in [0.2, 0.25) is 5.95 Å². The predicted molar refractivity (Wildman–Crippen MR) is 144 cm³/mol. The van der Waals surface area contributed by atoms with Crippen LogP contribution in [0.15, 0.2) is 94.5 Å². The van der Waals surface area contributed by atoms with Crippen LogP contribution in [-0.4, -0.2) is 31.8 Å². The molecule has 0 fully saturated rings. The van der Waals surface area contributed by atoms with E-state index in [0.29, 0.717) is 33.6 Å². The van der Waals surface area contributed by atoms with Crippen LogP contribution in [0.1, 0.15) is 0 Å². The summed E-state index contributed by atoms with van der Waals surface area (Å²) < 4.78 is 7.84. The number of benzene rings is 3. The average molecular weight is 539 g/mol. The molecule has 0 spiro atoms. The third kappa shape index (κ3) is 3.89. The molecule has 0 aliphatic heterocycles. The Kier molecular flexibility index (Phi) is 5.46. The zero-order valence-electron chi connectivity index (χ0n) is 19.1. The molecule has 36 heavy (non-hydrogen) atoms. The maximum atomic E-state index is 13.6. The van der Waals surface area contributed by atoms with Crippen molar-refractivity contribution in [3.63, 3.8) is 0 Å². The maximum Gasteiger partial charge on any atom is 0.267 e. The van der Waals surface area contributed by atoms with Gasteiger partial charge in [-0.3, -0.25) is 14.5 Å². The molecular weight excluding hydrogens is 520 g/mol. The number of hydrogen-bond donors (Lipinski definition) is 2. The first-order valence-electron chi connectivity index (χ1n) is 11.1. The number of halogens is 1. The Bertz CT molecular complexity index is 1780. The van der Waals surface area contributed by atoms with E-state index in [2.05, 4.69) is 36.4 Å². The number of rotatable bonds is 5. The van der Waals surface area contributed by atoms with Gasteiger partial charge in [-0.25, -0.2) is 4.98 Å². The van der Waals surface area contributed by atoms with Gasteiger partial charge >= 0.3 is 0 Å². The highest BCUT2D eigenvalue weighted by Gasteiger charge is 2.17. The molecule has 0 bridgehead atoms. The summed E-state index contributed by atoms with van der Waals surface area (Å²) >= 11 is 3.48. The summed E-state index contributed by atoms with van der Waals surface area (Å²) in [6, 6.07) is 23.3. The van der Waals surface area contributed by atoms with Crippen LogP contribution in [0.4, 0.5) is 11.6 Å². The molecule has 9 heteroatoms. The molecule has 0 saturated carbocycles. The zero-order valence-corrected chi connectivity index (χ0v) is 20.7. The number of fused-ring (bicyclic) bond motifs is 3. The summed E-state index contributed by atoms with van der Waals surface area (Å²) in [5, 5.41) is 11.4. The number of anilines is 2. The summed E-state index contributed by atoms with van der Waals surface area (Å²) in [6.45, 7) is 0. The Labute approximate surface area is 213 Å². The number of nitrogens with zero attached hydrogens (tertiary/aromatic N) is 4. The number of hydrogen-bond acceptors (Lipinski definition) is 6. The first kappa shape index (κ1) is 22.0. The molecule has 0 aliphatic rings. The van der Waals surface area contributed by atoms with Crippen molar-refractivity contribution in [1.82, 2.24) is 24.7 Å². The first-order chi connectivity index (χ1) is 17.6. The molecule has 3 heterocycles. The molecule has 3 aromatic carbocycles. The minimum absolute atomic E-state index is 0.215. The topological polar surface area (TPSA) is 97.7 Å². The van der Waals surface area contributed by atoms with E-state index >= 15 is 0 Å². The molecule has 0 radical (unpaired) electrons. The van der Waals surface area contributed by atoms with E-state index in [-0.39, 0.29) is 5.56 Å². The second kappa shape index (κ2) is 8.94. The van der Waals surface area contributed by atoms with Crippen molar-refractivity contribution < 1.29 is 4.74 Å². The molecule has 2 N–H and O–H groups in total. The normalized spacial score (nSPS) is 11.2. The lowest BCUT2D eigenvalue weighted by molar-refractivity contribution is 0.415. The number of H-pyrrole nitrogens is 1. The predicted octanol–water partition coefficient (Wildman–Crippen LogP) is 5.84. The molecule has 0 aliphatic carbocycles. The summed E-state index contributed by atoms with van der Waals surface area (Å²) in [4.78, 5) is 22.9. The highest BCUT2D eigenvalue weighted by molar-refractivity contribution is 9.10. The van der Waals surface area contributed by atoms with Crippen LogP contribution in [0.2, 0.25) is 0 Å². The van der Waals surface area contributed by atoms with Crippen LogP contribution in [0.25, 0.3) is 38.8 Å². The van der Waals surface area contributed by atoms with Crippen LogP contribution in [0.5, 0.6) is 5.75 Å². The van der Waals surface area contributed by atoms with Gasteiger partial charge < -0.3 is 10.1 Å². The molecule has 0 amide bonds. The maximum absolute atomic E-state index is 13.6. The quantitative estimate of drug-likeness (QED) is 0.286. The molecule has 176 valence electrons. The van der Waals surface area contributed by atoms with E-state index in [1.807, 2.05) is 72.8 Å². The highest BCUT2D eigenvalue weighted by Crippen LogP contribution is 2.27. The fourth-order valence-corrected chi connectivity index (χ4v) is 4.42. The van der Waals surface area contributed by atoms with Crippen molar-refractivity contribution in [3.05, 3.63) is 100 Å². The van der Waals surface area contributed by atoms with Gasteiger partial charge in [0.15, 0.2) is 5.65 Å². The Morgan fingerprint density at radius 3 is 2.56 bits per heavy atom. The zero-order chi connectivity index (χ0) is 24.6. The van der Waals surface area contributed by atoms with Gasteiger partial charge in [-0.2, -0.15) is 10.1 Å². The van der Waals surface area contributed by atoms with E-state index in [1.165, 1.54) is 0 Å². The van der Waals surface area contributed by atoms with Crippen LogP contribution >= 0.6 is 15.9 Å². The number of pyridine rings is 1. The lowest BCUT2D eigenvalue weighted by Crippen LogP contribution is -2.20. The van der Waals surface area contributed by atoms with Crippen molar-refractivity contribution in [2.24, 2.45) is 0 Å². The summed E-state index contributed by atoms with van der Waals surface area (Å²) in [7, 11) is 1.62. The Balaban J connectivity index is 1.53. The van der Waals surface area contributed by atoms with Crippen molar-refractivity contribution in [2.45, 2.75) is 0 Å². The van der Waals surface area contributed by atoms with Crippen molar-refractivity contribution in [3.8, 4) is 22.6 Å². The van der Waals surface area contributed by atoms with Gasteiger partial charge in [0, 0.05) is 22.6 Å². The molecule has 3 aromatic heterocycles. The van der Waals surface area contributed by atoms with E-state index in [9.17, 15) is 4.79 Å². The summed E-state index contributed by atoms with van der Waals surface area (Å²) in [6.07, 6.45) is 3.29. The number of methoxy groups -OCH3 is 1. The molecule has 6 rings (SSSR count). The number of aromatic nitrogens is 5. The molecule has 0 atom stereocenters. The minimum atomic E-state index is -0.215. The van der Waals surface area contributed by atoms with Crippen molar-refractivity contribution in [2.75, 3.05) is 12.4 Å². The summed E-state index contributed by atoms with van der Waals surface area (Å²) in [5.74, 6) is 1.11. The van der Waals surface area contributed by atoms with Gasteiger partial charge in [-0.05, 0) is 59.7 Å². The van der Waals surface area contributed by atoms with Crippen molar-refractivity contribution in [1.29, 1.82) is 0 Å². The fraction of sp³-hybridized carbons (Fsp3) is 0.0370. The van der Waals surface area contributed by atoms with E-state index in [0.717, 1.165) is 27.0 Å². The second-order valence-electron chi connectivity index (χ2n) is 8.13.